The number of thioether (sulfide) groups is 1. The summed E-state index contributed by atoms with van der Waals surface area (Å²) in [6.45, 7) is 15.9. The summed E-state index contributed by atoms with van der Waals surface area (Å²) in [5.41, 5.74) is -4.48. The van der Waals surface area contributed by atoms with Crippen LogP contribution in [0, 0.1) is 80.8 Å². The van der Waals surface area contributed by atoms with Crippen molar-refractivity contribution in [2.24, 2.45) is 80.8 Å². The molecule has 380 valence electrons. The molecule has 6 fully saturated rings. The molecule has 0 amide bonds. The van der Waals surface area contributed by atoms with E-state index in [0.717, 1.165) is 49.7 Å². The van der Waals surface area contributed by atoms with Crippen LogP contribution in [0.2, 0.25) is 0 Å². The number of aliphatic hydroxyl groups excluding tert-OH is 4. The molecular formula is C56H78O12S. The van der Waals surface area contributed by atoms with Gasteiger partial charge < -0.3 is 40.1 Å². The Morgan fingerprint density at radius 3 is 1.33 bits per heavy atom. The lowest BCUT2D eigenvalue weighted by Gasteiger charge is -2.67. The van der Waals surface area contributed by atoms with E-state index in [1.807, 2.05) is 27.7 Å². The molecular weight excluding hydrogens is 897 g/mol. The first-order valence-corrected chi connectivity index (χ1v) is 27.3. The van der Waals surface area contributed by atoms with Gasteiger partial charge in [0.05, 0.1) is 35.2 Å². The highest BCUT2D eigenvalue weighted by Crippen LogP contribution is 2.73. The number of carbonyl (C=O) groups excluding carboxylic acids is 4. The van der Waals surface area contributed by atoms with Crippen molar-refractivity contribution < 1.29 is 59.3 Å². The van der Waals surface area contributed by atoms with E-state index in [-0.39, 0.29) is 107 Å². The first-order chi connectivity index (χ1) is 32.5. The molecule has 6 saturated carbocycles. The fourth-order valence-corrected chi connectivity index (χ4v) is 21.3. The maximum absolute atomic E-state index is 14.7. The molecule has 22 atom stereocenters. The zero-order valence-electron chi connectivity index (χ0n) is 42.0. The van der Waals surface area contributed by atoms with Crippen molar-refractivity contribution in [1.29, 1.82) is 0 Å². The SMILES string of the molecule is CC1=C(CO)C(=O)O[C@@H]([C@@H](C)[C@H]2CC[C@H]3[C@@H]4C[C@@H](S[C@H]5C[C@H]6[C@@H]7CC[C@H]([C@H](C)[C@H]8CC(C)=C(CO)C(=O)O8)[C@]7(C)CC[C@@H]6[C@@]6(C)C(=O)C=C[C@H](O)[C@@]56O)[C@]5(O)[C@@H](O)C=CC(=O)[C@]5(C)[C@H]4CC[C@@]23C)C1. The van der Waals surface area contributed by atoms with E-state index < -0.39 is 56.7 Å². The summed E-state index contributed by atoms with van der Waals surface area (Å²) in [6, 6.07) is 0. The normalized spacial score (nSPS) is 51.2. The van der Waals surface area contributed by atoms with Crippen LogP contribution in [0.25, 0.3) is 0 Å². The summed E-state index contributed by atoms with van der Waals surface area (Å²) in [5.74, 6) is -0.993. The van der Waals surface area contributed by atoms with Gasteiger partial charge in [0.2, 0.25) is 0 Å². The zero-order valence-corrected chi connectivity index (χ0v) is 42.8. The summed E-state index contributed by atoms with van der Waals surface area (Å²) in [5, 5.41) is 69.6. The minimum absolute atomic E-state index is 0.0195. The molecule has 10 rings (SSSR count). The topological polar surface area (TPSA) is 208 Å². The van der Waals surface area contributed by atoms with E-state index in [9.17, 15) is 49.8 Å². The number of fused-ring (bicyclic) bond motifs is 10. The molecule has 69 heavy (non-hydrogen) atoms. The number of allylic oxidation sites excluding steroid dienone is 2. The van der Waals surface area contributed by atoms with E-state index in [1.165, 1.54) is 36.1 Å². The van der Waals surface area contributed by atoms with E-state index in [1.54, 1.807) is 0 Å². The average molecular weight is 975 g/mol. The summed E-state index contributed by atoms with van der Waals surface area (Å²) in [6.07, 6.45) is 11.1. The van der Waals surface area contributed by atoms with Gasteiger partial charge in [0.25, 0.3) is 0 Å². The van der Waals surface area contributed by atoms with E-state index >= 15 is 0 Å². The summed E-state index contributed by atoms with van der Waals surface area (Å²) in [7, 11) is 0. The van der Waals surface area contributed by atoms with Crippen molar-refractivity contribution in [3.8, 4) is 0 Å². The van der Waals surface area contributed by atoms with Gasteiger partial charge in [-0.15, -0.1) is 11.8 Å². The van der Waals surface area contributed by atoms with Crippen LogP contribution in [0.1, 0.15) is 132 Å². The molecule has 0 bridgehead atoms. The molecule has 0 aromatic carbocycles. The lowest BCUT2D eigenvalue weighted by Crippen LogP contribution is -2.75. The number of ether oxygens (including phenoxy) is 2. The number of esters is 2. The Morgan fingerprint density at radius 2 is 0.986 bits per heavy atom. The molecule has 6 N–H and O–H groups in total. The number of hydrogen-bond donors (Lipinski definition) is 6. The molecule has 0 saturated heterocycles. The van der Waals surface area contributed by atoms with Crippen LogP contribution in [-0.4, -0.2) is 113 Å². The standard InChI is InChI=1S/C56H78O12S/c1-27-21-41(67-49(63)33(27)25-57)29(3)35-9-11-37-31-23-47(55(65)45(61)15-13-43(59)53(55,7)39(31)17-19-51(35,37)5)69-48-24-32-38-12-10-36(30(4)42-22-28(2)34(26-58)50(64)68-42)52(38,6)20-18-40(32)54(8)44(60)14-16-46(62)56(48,54)66/h13-16,29-32,35-42,45-48,57-58,61-62,65-66H,9-12,17-26H2,1-8H3/t29-,30-,31-,32-,35+,36+,37-,38-,39-,40-,41+,42+,45-,46-,47-,48+,51-,52-,53-,54-,55+,56+/m0/s1. The Hall–Kier alpha value is -2.65. The number of aliphatic hydroxyl groups is 6. The monoisotopic (exact) mass is 975 g/mol. The van der Waals surface area contributed by atoms with Crippen LogP contribution in [-0.2, 0) is 28.7 Å². The Balaban J connectivity index is 0.992. The molecule has 13 heteroatoms. The smallest absolute Gasteiger partial charge is 0.336 e. The highest BCUT2D eigenvalue weighted by molar-refractivity contribution is 8.00. The number of rotatable bonds is 8. The Labute approximate surface area is 412 Å². The van der Waals surface area contributed by atoms with Crippen LogP contribution < -0.4 is 0 Å². The maximum atomic E-state index is 14.7. The van der Waals surface area contributed by atoms with Crippen molar-refractivity contribution in [3.63, 3.8) is 0 Å². The van der Waals surface area contributed by atoms with Gasteiger partial charge in [0, 0.05) is 23.3 Å². The summed E-state index contributed by atoms with van der Waals surface area (Å²) >= 11 is 1.40. The molecule has 0 radical (unpaired) electrons. The molecule has 8 aliphatic carbocycles. The van der Waals surface area contributed by atoms with Gasteiger partial charge in [-0.1, -0.05) is 38.8 Å². The van der Waals surface area contributed by atoms with Crippen molar-refractivity contribution >= 4 is 35.3 Å². The third-order valence-corrected chi connectivity index (χ3v) is 24.8. The van der Waals surface area contributed by atoms with Crippen LogP contribution in [0.3, 0.4) is 0 Å². The second kappa shape index (κ2) is 17.0. The second-order valence-corrected chi connectivity index (χ2v) is 26.4. The minimum Gasteiger partial charge on any atom is -0.458 e. The van der Waals surface area contributed by atoms with Crippen LogP contribution in [0.15, 0.2) is 46.6 Å². The minimum atomic E-state index is -1.91. The maximum Gasteiger partial charge on any atom is 0.336 e. The largest absolute Gasteiger partial charge is 0.458 e. The molecule has 0 aromatic rings. The lowest BCUT2D eigenvalue weighted by atomic mass is 9.42. The van der Waals surface area contributed by atoms with Crippen molar-refractivity contribution in [2.45, 2.75) is 179 Å². The summed E-state index contributed by atoms with van der Waals surface area (Å²) in [4.78, 5) is 55.4. The molecule has 12 nitrogen and oxygen atoms in total. The Morgan fingerprint density at radius 1 is 0.609 bits per heavy atom. The number of cyclic esters (lactones) is 2. The first-order valence-electron chi connectivity index (χ1n) is 26.4. The Kier molecular flexibility index (Phi) is 12.3. The second-order valence-electron chi connectivity index (χ2n) is 25.0. The number of ketones is 2. The van der Waals surface area contributed by atoms with Crippen molar-refractivity contribution in [3.05, 3.63) is 46.6 Å². The van der Waals surface area contributed by atoms with Crippen molar-refractivity contribution in [2.75, 3.05) is 13.2 Å². The average Bonchev–Trinajstić information content (AvgIpc) is 3.85. The highest BCUT2D eigenvalue weighted by Gasteiger charge is 2.75. The molecule has 0 spiro atoms. The van der Waals surface area contributed by atoms with Gasteiger partial charge in [-0.2, -0.15) is 0 Å². The number of carbonyl (C=O) groups is 4. The fraction of sp³-hybridized carbons (Fsp3) is 0.786. The third-order valence-electron chi connectivity index (χ3n) is 23.0. The number of hydrogen-bond acceptors (Lipinski definition) is 13. The van der Waals surface area contributed by atoms with Crippen LogP contribution in [0.5, 0.6) is 0 Å². The summed E-state index contributed by atoms with van der Waals surface area (Å²) < 4.78 is 12.1. The molecule has 0 aromatic heterocycles. The van der Waals surface area contributed by atoms with Gasteiger partial charge in [-0.05, 0) is 186 Å². The van der Waals surface area contributed by atoms with Gasteiger partial charge in [-0.25, -0.2) is 9.59 Å². The highest BCUT2D eigenvalue weighted by atomic mass is 32.2. The van der Waals surface area contributed by atoms with E-state index in [2.05, 4.69) is 27.7 Å². The zero-order chi connectivity index (χ0) is 49.7. The predicted molar refractivity (Wildman–Crippen MR) is 259 cm³/mol. The van der Waals surface area contributed by atoms with Crippen LogP contribution >= 0.6 is 11.8 Å². The van der Waals surface area contributed by atoms with E-state index in [4.69, 9.17) is 9.47 Å². The van der Waals surface area contributed by atoms with Gasteiger partial charge in [-0.3, -0.25) is 9.59 Å². The third kappa shape index (κ3) is 6.60. The first kappa shape index (κ1) is 49.9. The van der Waals surface area contributed by atoms with Gasteiger partial charge in [0.1, 0.15) is 35.6 Å². The van der Waals surface area contributed by atoms with Gasteiger partial charge in [0.15, 0.2) is 11.6 Å². The van der Waals surface area contributed by atoms with E-state index in [0.29, 0.717) is 49.7 Å². The Bertz CT molecular complexity index is 2150. The van der Waals surface area contributed by atoms with Gasteiger partial charge >= 0.3 is 11.9 Å². The predicted octanol–water partition coefficient (Wildman–Crippen LogP) is 6.38. The molecule has 2 aliphatic heterocycles. The fourth-order valence-electron chi connectivity index (χ4n) is 19.1. The lowest BCUT2D eigenvalue weighted by molar-refractivity contribution is -0.218. The quantitative estimate of drug-likeness (QED) is 0.146. The van der Waals surface area contributed by atoms with Crippen molar-refractivity contribution in [1.82, 2.24) is 0 Å². The molecule has 0 unspecified atom stereocenters. The molecule has 10 aliphatic rings. The van der Waals surface area contributed by atoms with Crippen LogP contribution in [0.4, 0.5) is 0 Å². The molecule has 2 heterocycles.